The van der Waals surface area contributed by atoms with Crippen LogP contribution < -0.4 is 4.74 Å². The molecule has 116 valence electrons. The van der Waals surface area contributed by atoms with E-state index in [0.717, 1.165) is 41.2 Å². The maximum absolute atomic E-state index is 13.0. The first kappa shape index (κ1) is 15.3. The molecule has 0 atom stereocenters. The van der Waals surface area contributed by atoms with Gasteiger partial charge in [-0.1, -0.05) is 31.2 Å². The Morgan fingerprint density at radius 3 is 2.64 bits per heavy atom. The molecule has 1 saturated heterocycles. The van der Waals surface area contributed by atoms with Gasteiger partial charge in [0.25, 0.3) is 5.91 Å². The zero-order chi connectivity index (χ0) is 15.7. The molecule has 1 aliphatic rings. The Hall–Kier alpha value is -1.55. The van der Waals surface area contributed by atoms with Gasteiger partial charge in [-0.05, 0) is 51.5 Å². The molecule has 0 aliphatic carbocycles. The first-order valence-electron chi connectivity index (χ1n) is 7.66. The van der Waals surface area contributed by atoms with Gasteiger partial charge in [-0.3, -0.25) is 4.79 Å². The number of hydrogen-bond acceptors (Lipinski definition) is 2. The Bertz CT molecular complexity index is 706. The van der Waals surface area contributed by atoms with Crippen molar-refractivity contribution in [2.24, 2.45) is 5.92 Å². The van der Waals surface area contributed by atoms with E-state index in [-0.39, 0.29) is 5.91 Å². The number of benzene rings is 2. The molecule has 1 heterocycles. The summed E-state index contributed by atoms with van der Waals surface area (Å²) in [5.74, 6) is 1.39. The lowest BCUT2D eigenvalue weighted by Gasteiger charge is -2.31. The molecule has 0 spiro atoms. The second kappa shape index (κ2) is 6.29. The number of piperidine rings is 1. The van der Waals surface area contributed by atoms with Gasteiger partial charge >= 0.3 is 0 Å². The first-order chi connectivity index (χ1) is 10.6. The van der Waals surface area contributed by atoms with Gasteiger partial charge < -0.3 is 9.64 Å². The maximum Gasteiger partial charge on any atom is 0.258 e. The molecule has 0 radical (unpaired) electrons. The minimum atomic E-state index is 0.0568. The fraction of sp³-hybridized carbons (Fsp3) is 0.389. The van der Waals surface area contributed by atoms with E-state index < -0.39 is 0 Å². The van der Waals surface area contributed by atoms with Crippen molar-refractivity contribution in [1.29, 1.82) is 0 Å². The third-order valence-corrected chi connectivity index (χ3v) is 5.28. The van der Waals surface area contributed by atoms with E-state index in [1.165, 1.54) is 0 Å². The SMILES string of the molecule is COc1cc2ccccc2c(Br)c1C(=O)N1CCC(C)CC1. The van der Waals surface area contributed by atoms with Gasteiger partial charge in [0.1, 0.15) is 5.75 Å². The summed E-state index contributed by atoms with van der Waals surface area (Å²) < 4.78 is 6.31. The minimum Gasteiger partial charge on any atom is -0.496 e. The Morgan fingerprint density at radius 1 is 1.27 bits per heavy atom. The second-order valence-corrected chi connectivity index (χ2v) is 6.76. The van der Waals surface area contributed by atoms with Crippen LogP contribution >= 0.6 is 15.9 Å². The molecule has 1 amide bonds. The first-order valence-corrected chi connectivity index (χ1v) is 8.45. The van der Waals surface area contributed by atoms with Gasteiger partial charge in [0.05, 0.1) is 12.7 Å². The summed E-state index contributed by atoms with van der Waals surface area (Å²) >= 11 is 3.63. The lowest BCUT2D eigenvalue weighted by atomic mass is 9.98. The number of fused-ring (bicyclic) bond motifs is 1. The predicted octanol–water partition coefficient (Wildman–Crippen LogP) is 4.48. The smallest absolute Gasteiger partial charge is 0.258 e. The fourth-order valence-electron chi connectivity index (χ4n) is 3.01. The number of halogens is 1. The number of rotatable bonds is 2. The van der Waals surface area contributed by atoms with Gasteiger partial charge in [0.15, 0.2) is 0 Å². The van der Waals surface area contributed by atoms with Gasteiger partial charge in [-0.25, -0.2) is 0 Å². The standard InChI is InChI=1S/C18H20BrNO2/c1-12-7-9-20(10-8-12)18(21)16-15(22-2)11-13-5-3-4-6-14(13)17(16)19/h3-6,11-12H,7-10H2,1-2H3. The van der Waals surface area contributed by atoms with Crippen LogP contribution in [-0.2, 0) is 0 Å². The second-order valence-electron chi connectivity index (χ2n) is 5.96. The van der Waals surface area contributed by atoms with E-state index in [9.17, 15) is 4.79 Å². The molecule has 3 rings (SSSR count). The molecule has 0 bridgehead atoms. The Kier molecular flexibility index (Phi) is 4.39. The average molecular weight is 362 g/mol. The van der Waals surface area contributed by atoms with Crippen molar-refractivity contribution < 1.29 is 9.53 Å². The molecule has 2 aromatic carbocycles. The highest BCUT2D eigenvalue weighted by molar-refractivity contribution is 9.10. The van der Waals surface area contributed by atoms with E-state index in [0.29, 0.717) is 17.2 Å². The van der Waals surface area contributed by atoms with Crippen molar-refractivity contribution in [2.45, 2.75) is 19.8 Å². The molecule has 3 nitrogen and oxygen atoms in total. The summed E-state index contributed by atoms with van der Waals surface area (Å²) in [6.07, 6.45) is 2.14. The molecule has 0 aromatic heterocycles. The van der Waals surface area contributed by atoms with Crippen LogP contribution in [0.25, 0.3) is 10.8 Å². The van der Waals surface area contributed by atoms with E-state index >= 15 is 0 Å². The minimum absolute atomic E-state index is 0.0568. The number of methoxy groups -OCH3 is 1. The molecular formula is C18H20BrNO2. The fourth-order valence-corrected chi connectivity index (χ4v) is 3.74. The van der Waals surface area contributed by atoms with E-state index in [1.807, 2.05) is 35.2 Å². The third kappa shape index (κ3) is 2.72. The van der Waals surface area contributed by atoms with E-state index in [4.69, 9.17) is 4.74 Å². The molecule has 4 heteroatoms. The molecule has 1 fully saturated rings. The molecule has 22 heavy (non-hydrogen) atoms. The van der Waals surface area contributed by atoms with Crippen molar-refractivity contribution in [2.75, 3.05) is 20.2 Å². The van der Waals surface area contributed by atoms with Crippen molar-refractivity contribution in [3.05, 3.63) is 40.4 Å². The normalized spacial score (nSPS) is 16.0. The van der Waals surface area contributed by atoms with E-state index in [2.05, 4.69) is 22.9 Å². The molecule has 0 N–H and O–H groups in total. The molecule has 2 aromatic rings. The van der Waals surface area contributed by atoms with Crippen LogP contribution in [-0.4, -0.2) is 31.0 Å². The van der Waals surface area contributed by atoms with Crippen LogP contribution in [0.1, 0.15) is 30.1 Å². The third-order valence-electron chi connectivity index (χ3n) is 4.45. The number of ether oxygens (including phenoxy) is 1. The number of amides is 1. The quantitative estimate of drug-likeness (QED) is 0.788. The van der Waals surface area contributed by atoms with Crippen LogP contribution in [0.2, 0.25) is 0 Å². The number of carbonyl (C=O) groups excluding carboxylic acids is 1. The Morgan fingerprint density at radius 2 is 1.95 bits per heavy atom. The molecule has 0 unspecified atom stereocenters. The van der Waals surface area contributed by atoms with Crippen LogP contribution in [0.4, 0.5) is 0 Å². The van der Waals surface area contributed by atoms with Crippen molar-refractivity contribution in [1.82, 2.24) is 4.90 Å². The van der Waals surface area contributed by atoms with Gasteiger partial charge in [0.2, 0.25) is 0 Å². The molecular weight excluding hydrogens is 342 g/mol. The number of hydrogen-bond donors (Lipinski definition) is 0. The topological polar surface area (TPSA) is 29.5 Å². The Balaban J connectivity index is 2.05. The van der Waals surface area contributed by atoms with E-state index in [1.54, 1.807) is 7.11 Å². The highest BCUT2D eigenvalue weighted by Crippen LogP contribution is 2.36. The number of carbonyl (C=O) groups is 1. The number of likely N-dealkylation sites (tertiary alicyclic amines) is 1. The van der Waals surface area contributed by atoms with Gasteiger partial charge in [-0.2, -0.15) is 0 Å². The van der Waals surface area contributed by atoms with Crippen LogP contribution in [0.3, 0.4) is 0 Å². The summed E-state index contributed by atoms with van der Waals surface area (Å²) in [5, 5.41) is 2.10. The number of nitrogens with zero attached hydrogens (tertiary/aromatic N) is 1. The summed E-state index contributed by atoms with van der Waals surface area (Å²) in [5.41, 5.74) is 0.635. The highest BCUT2D eigenvalue weighted by Gasteiger charge is 2.26. The lowest BCUT2D eigenvalue weighted by molar-refractivity contribution is 0.0693. The average Bonchev–Trinajstić information content (AvgIpc) is 2.55. The van der Waals surface area contributed by atoms with Crippen LogP contribution in [0.5, 0.6) is 5.75 Å². The monoisotopic (exact) mass is 361 g/mol. The highest BCUT2D eigenvalue weighted by atomic mass is 79.9. The van der Waals surface area contributed by atoms with Crippen LogP contribution in [0.15, 0.2) is 34.8 Å². The predicted molar refractivity (Wildman–Crippen MR) is 92.5 cm³/mol. The summed E-state index contributed by atoms with van der Waals surface area (Å²) in [7, 11) is 1.62. The van der Waals surface area contributed by atoms with Gasteiger partial charge in [0, 0.05) is 17.6 Å². The maximum atomic E-state index is 13.0. The Labute approximate surface area is 139 Å². The summed E-state index contributed by atoms with van der Waals surface area (Å²) in [6.45, 7) is 3.89. The zero-order valence-corrected chi connectivity index (χ0v) is 14.5. The zero-order valence-electron chi connectivity index (χ0n) is 12.9. The summed E-state index contributed by atoms with van der Waals surface area (Å²) in [6, 6.07) is 9.96. The lowest BCUT2D eigenvalue weighted by Crippen LogP contribution is -2.38. The van der Waals surface area contributed by atoms with Gasteiger partial charge in [-0.15, -0.1) is 0 Å². The molecule has 1 aliphatic heterocycles. The van der Waals surface area contributed by atoms with Crippen LogP contribution in [0, 0.1) is 5.92 Å². The molecule has 0 saturated carbocycles. The van der Waals surface area contributed by atoms with Crippen molar-refractivity contribution in [3.8, 4) is 5.75 Å². The summed E-state index contributed by atoms with van der Waals surface area (Å²) in [4.78, 5) is 14.9. The largest absolute Gasteiger partial charge is 0.496 e. The van der Waals surface area contributed by atoms with Crippen molar-refractivity contribution >= 4 is 32.6 Å². The van der Waals surface area contributed by atoms with Crippen molar-refractivity contribution in [3.63, 3.8) is 0 Å².